The van der Waals surface area contributed by atoms with E-state index < -0.39 is 0 Å². The van der Waals surface area contributed by atoms with Gasteiger partial charge in [-0.3, -0.25) is 4.79 Å². The summed E-state index contributed by atoms with van der Waals surface area (Å²) < 4.78 is 5.48. The molecule has 4 nitrogen and oxygen atoms in total. The fraction of sp³-hybridized carbons (Fsp3) is 0.615. The van der Waals surface area contributed by atoms with Crippen LogP contribution in [0, 0.1) is 6.92 Å². The van der Waals surface area contributed by atoms with Gasteiger partial charge in [-0.2, -0.15) is 0 Å². The monoisotopic (exact) mass is 236 g/mol. The molecule has 2 heterocycles. The average Bonchev–Trinajstić information content (AvgIpc) is 2.75. The van der Waals surface area contributed by atoms with Crippen molar-refractivity contribution in [1.29, 1.82) is 0 Å². The molecule has 0 saturated carbocycles. The minimum atomic E-state index is -0.00944. The molecule has 0 spiro atoms. The highest BCUT2D eigenvalue weighted by Crippen LogP contribution is 2.12. The van der Waals surface area contributed by atoms with Crippen LogP contribution in [-0.4, -0.2) is 30.4 Å². The average molecular weight is 236 g/mol. The number of hydrogen-bond donors (Lipinski definition) is 1. The molecule has 1 aromatic rings. The highest BCUT2D eigenvalue weighted by Gasteiger charge is 2.23. The lowest BCUT2D eigenvalue weighted by Gasteiger charge is -2.26. The zero-order chi connectivity index (χ0) is 12.3. The molecule has 4 heteroatoms. The highest BCUT2D eigenvalue weighted by atomic mass is 16.3. The molecule has 94 valence electrons. The van der Waals surface area contributed by atoms with Gasteiger partial charge in [0.15, 0.2) is 0 Å². The van der Waals surface area contributed by atoms with Crippen LogP contribution in [0.5, 0.6) is 0 Å². The zero-order valence-electron chi connectivity index (χ0n) is 10.5. The number of hydrogen-bond acceptors (Lipinski definition) is 3. The van der Waals surface area contributed by atoms with Gasteiger partial charge in [0.1, 0.15) is 11.5 Å². The molecule has 17 heavy (non-hydrogen) atoms. The van der Waals surface area contributed by atoms with Crippen LogP contribution in [0.1, 0.15) is 30.8 Å². The summed E-state index contributed by atoms with van der Waals surface area (Å²) in [4.78, 5) is 13.9. The second-order valence-electron chi connectivity index (χ2n) is 4.71. The van der Waals surface area contributed by atoms with Gasteiger partial charge in [-0.25, -0.2) is 0 Å². The number of nitrogens with zero attached hydrogens (tertiary/aromatic N) is 1. The summed E-state index contributed by atoms with van der Waals surface area (Å²) in [6.45, 7) is 3.41. The van der Waals surface area contributed by atoms with Crippen LogP contribution < -0.4 is 5.32 Å². The van der Waals surface area contributed by atoms with Gasteiger partial charge in [-0.05, 0) is 38.4 Å². The maximum Gasteiger partial charge on any atom is 0.239 e. The van der Waals surface area contributed by atoms with Crippen molar-refractivity contribution in [3.05, 3.63) is 23.7 Å². The fourth-order valence-corrected chi connectivity index (χ4v) is 2.21. The van der Waals surface area contributed by atoms with E-state index in [4.69, 9.17) is 4.42 Å². The third-order valence-electron chi connectivity index (χ3n) is 3.17. The Morgan fingerprint density at radius 2 is 2.35 bits per heavy atom. The lowest BCUT2D eigenvalue weighted by Crippen LogP contribution is -2.46. The molecule has 1 saturated heterocycles. The Bertz CT molecular complexity index is 381. The van der Waals surface area contributed by atoms with Gasteiger partial charge < -0.3 is 14.6 Å². The van der Waals surface area contributed by atoms with Crippen molar-refractivity contribution in [3.8, 4) is 0 Å². The van der Waals surface area contributed by atoms with E-state index in [1.807, 2.05) is 26.1 Å². The summed E-state index contributed by atoms with van der Waals surface area (Å²) in [6, 6.07) is 3.84. The largest absolute Gasteiger partial charge is 0.464 e. The number of rotatable bonds is 3. The molecular weight excluding hydrogens is 216 g/mol. The third-order valence-corrected chi connectivity index (χ3v) is 3.17. The number of carbonyl (C=O) groups excluding carboxylic acids is 1. The number of carbonyl (C=O) groups is 1. The van der Waals surface area contributed by atoms with Crippen LogP contribution in [-0.2, 0) is 11.3 Å². The lowest BCUT2D eigenvalue weighted by atomic mass is 10.0. The number of likely N-dealkylation sites (N-methyl/N-ethyl adjacent to an activating group) is 1. The normalized spacial score (nSPS) is 20.2. The SMILES string of the molecule is Cc1ccc(CN(C)C(=O)[C@@H]2CCCCN2)o1. The Labute approximate surface area is 102 Å². The first-order valence-electron chi connectivity index (χ1n) is 6.20. The predicted octanol–water partition coefficient (Wildman–Crippen LogP) is 1.69. The van der Waals surface area contributed by atoms with Gasteiger partial charge >= 0.3 is 0 Å². The standard InChI is InChI=1S/C13H20N2O2/c1-10-6-7-11(17-10)9-15(2)13(16)12-5-3-4-8-14-12/h6-7,12,14H,3-5,8-9H2,1-2H3/t12-/m0/s1. The van der Waals surface area contributed by atoms with Gasteiger partial charge in [0.25, 0.3) is 0 Å². The van der Waals surface area contributed by atoms with Crippen LogP contribution >= 0.6 is 0 Å². The van der Waals surface area contributed by atoms with Crippen molar-refractivity contribution in [1.82, 2.24) is 10.2 Å². The van der Waals surface area contributed by atoms with Gasteiger partial charge in [0, 0.05) is 7.05 Å². The molecule has 1 aliphatic rings. The molecule has 0 radical (unpaired) electrons. The molecular formula is C13H20N2O2. The maximum absolute atomic E-state index is 12.1. The second kappa shape index (κ2) is 5.36. The van der Waals surface area contributed by atoms with E-state index in [0.29, 0.717) is 6.54 Å². The Hall–Kier alpha value is -1.29. The number of amides is 1. The molecule has 0 aliphatic carbocycles. The minimum absolute atomic E-state index is 0.00944. The van der Waals surface area contributed by atoms with E-state index in [1.54, 1.807) is 4.90 Å². The van der Waals surface area contributed by atoms with Crippen molar-refractivity contribution >= 4 is 5.91 Å². The summed E-state index contributed by atoms with van der Waals surface area (Å²) in [5.41, 5.74) is 0. The van der Waals surface area contributed by atoms with Crippen LogP contribution in [0.3, 0.4) is 0 Å². The van der Waals surface area contributed by atoms with Gasteiger partial charge in [0.2, 0.25) is 5.91 Å². The topological polar surface area (TPSA) is 45.5 Å². The van der Waals surface area contributed by atoms with E-state index in [9.17, 15) is 4.79 Å². The summed E-state index contributed by atoms with van der Waals surface area (Å²) in [5.74, 6) is 1.89. The number of furan rings is 1. The van der Waals surface area contributed by atoms with Gasteiger partial charge in [0.05, 0.1) is 12.6 Å². The third kappa shape index (κ3) is 3.09. The van der Waals surface area contributed by atoms with Crippen LogP contribution in [0.25, 0.3) is 0 Å². The van der Waals surface area contributed by atoms with Crippen LogP contribution in [0.15, 0.2) is 16.5 Å². The summed E-state index contributed by atoms with van der Waals surface area (Å²) in [7, 11) is 1.83. The Morgan fingerprint density at radius 1 is 1.53 bits per heavy atom. The van der Waals surface area contributed by atoms with Crippen LogP contribution in [0.4, 0.5) is 0 Å². The first-order valence-corrected chi connectivity index (χ1v) is 6.20. The molecule has 1 amide bonds. The smallest absolute Gasteiger partial charge is 0.239 e. The Kier molecular flexibility index (Phi) is 3.84. The van der Waals surface area contributed by atoms with E-state index in [2.05, 4.69) is 5.32 Å². The Morgan fingerprint density at radius 3 is 2.94 bits per heavy atom. The quantitative estimate of drug-likeness (QED) is 0.868. The molecule has 1 aliphatic heterocycles. The van der Waals surface area contributed by atoms with E-state index in [0.717, 1.165) is 30.9 Å². The summed E-state index contributed by atoms with van der Waals surface area (Å²) >= 11 is 0. The van der Waals surface area contributed by atoms with E-state index in [-0.39, 0.29) is 11.9 Å². The molecule has 0 unspecified atom stereocenters. The predicted molar refractivity (Wildman–Crippen MR) is 65.6 cm³/mol. The number of nitrogens with one attached hydrogen (secondary N) is 1. The van der Waals surface area contributed by atoms with Crippen molar-refractivity contribution in [2.45, 2.75) is 38.8 Å². The molecule has 1 N–H and O–H groups in total. The van der Waals surface area contributed by atoms with E-state index in [1.165, 1.54) is 6.42 Å². The van der Waals surface area contributed by atoms with E-state index >= 15 is 0 Å². The first kappa shape index (κ1) is 12.2. The first-order chi connectivity index (χ1) is 8.16. The van der Waals surface area contributed by atoms with Gasteiger partial charge in [-0.15, -0.1) is 0 Å². The molecule has 1 aromatic heterocycles. The summed E-state index contributed by atoms with van der Waals surface area (Å²) in [5, 5.41) is 3.27. The molecule has 0 aromatic carbocycles. The minimum Gasteiger partial charge on any atom is -0.464 e. The molecule has 0 bridgehead atoms. The second-order valence-corrected chi connectivity index (χ2v) is 4.71. The highest BCUT2D eigenvalue weighted by molar-refractivity contribution is 5.81. The van der Waals surface area contributed by atoms with Gasteiger partial charge in [-0.1, -0.05) is 6.42 Å². The zero-order valence-corrected chi connectivity index (χ0v) is 10.5. The van der Waals surface area contributed by atoms with Crippen molar-refractivity contribution in [2.24, 2.45) is 0 Å². The number of aryl methyl sites for hydroxylation is 1. The fourth-order valence-electron chi connectivity index (χ4n) is 2.21. The Balaban J connectivity index is 1.90. The molecule has 2 rings (SSSR count). The summed E-state index contributed by atoms with van der Waals surface area (Å²) in [6.07, 6.45) is 3.25. The van der Waals surface area contributed by atoms with Crippen molar-refractivity contribution in [3.63, 3.8) is 0 Å². The van der Waals surface area contributed by atoms with Crippen molar-refractivity contribution in [2.75, 3.05) is 13.6 Å². The maximum atomic E-state index is 12.1. The molecule has 1 atom stereocenters. The molecule has 1 fully saturated rings. The van der Waals surface area contributed by atoms with Crippen molar-refractivity contribution < 1.29 is 9.21 Å². The van der Waals surface area contributed by atoms with Crippen LogP contribution in [0.2, 0.25) is 0 Å². The number of piperidine rings is 1. The lowest BCUT2D eigenvalue weighted by molar-refractivity contribution is -0.133.